The lowest BCUT2D eigenvalue weighted by atomic mass is 10.1. The number of hydrogen-bond acceptors (Lipinski definition) is 1. The minimum absolute atomic E-state index is 0.921. The molecule has 1 heterocycles. The van der Waals surface area contributed by atoms with Crippen LogP contribution in [0.4, 0.5) is 0 Å². The van der Waals surface area contributed by atoms with Crippen LogP contribution >= 0.6 is 0 Å². The van der Waals surface area contributed by atoms with Crippen LogP contribution in [0.2, 0.25) is 0 Å². The Morgan fingerprint density at radius 3 is 2.76 bits per heavy atom. The van der Waals surface area contributed by atoms with Gasteiger partial charge >= 0.3 is 0 Å². The minimum Gasteiger partial charge on any atom is -0.463 e. The third-order valence-electron chi connectivity index (χ3n) is 2.65. The molecular weight excluding hydrogens is 210 g/mol. The van der Waals surface area contributed by atoms with Gasteiger partial charge in [-0.3, -0.25) is 0 Å². The van der Waals surface area contributed by atoms with E-state index >= 15 is 0 Å². The molecule has 0 aliphatic carbocycles. The molecule has 1 aromatic heterocycles. The molecule has 2 nitrogen and oxygen atoms in total. The van der Waals surface area contributed by atoms with Crippen molar-refractivity contribution in [2.75, 3.05) is 6.54 Å². The van der Waals surface area contributed by atoms with Crippen LogP contribution in [0.5, 0.6) is 0 Å². The molecule has 0 atom stereocenters. The predicted octanol–water partition coefficient (Wildman–Crippen LogP) is 3.04. The number of quaternary nitrogens is 1. The van der Waals surface area contributed by atoms with Gasteiger partial charge < -0.3 is 9.73 Å². The van der Waals surface area contributed by atoms with Crippen LogP contribution in [-0.2, 0) is 6.54 Å². The van der Waals surface area contributed by atoms with Crippen molar-refractivity contribution in [3.8, 4) is 0 Å². The van der Waals surface area contributed by atoms with Crippen LogP contribution in [0.1, 0.15) is 39.4 Å². The van der Waals surface area contributed by atoms with Crippen molar-refractivity contribution < 1.29 is 9.73 Å². The lowest BCUT2D eigenvalue weighted by molar-refractivity contribution is -0.663. The molecule has 0 saturated carbocycles. The van der Waals surface area contributed by atoms with E-state index in [1.165, 1.54) is 17.6 Å². The smallest absolute Gasteiger partial charge is 0.157 e. The highest BCUT2D eigenvalue weighted by Crippen LogP contribution is 2.05. The van der Waals surface area contributed by atoms with E-state index in [-0.39, 0.29) is 0 Å². The van der Waals surface area contributed by atoms with Gasteiger partial charge in [0.25, 0.3) is 0 Å². The molecule has 0 amide bonds. The molecule has 1 aromatic rings. The van der Waals surface area contributed by atoms with Crippen molar-refractivity contribution in [2.45, 2.75) is 40.2 Å². The van der Waals surface area contributed by atoms with Gasteiger partial charge in [-0.15, -0.1) is 0 Å². The highest BCUT2D eigenvalue weighted by atomic mass is 16.3. The summed E-state index contributed by atoms with van der Waals surface area (Å²) in [5, 5.41) is 2.25. The second-order valence-corrected chi connectivity index (χ2v) is 4.68. The van der Waals surface area contributed by atoms with Gasteiger partial charge in [0.1, 0.15) is 6.54 Å². The van der Waals surface area contributed by atoms with Crippen molar-refractivity contribution >= 4 is 0 Å². The van der Waals surface area contributed by atoms with Crippen molar-refractivity contribution in [3.05, 3.63) is 47.5 Å². The van der Waals surface area contributed by atoms with E-state index in [4.69, 9.17) is 4.42 Å². The topological polar surface area (TPSA) is 29.8 Å². The third kappa shape index (κ3) is 6.80. The largest absolute Gasteiger partial charge is 0.463 e. The number of furan rings is 1. The van der Waals surface area contributed by atoms with E-state index in [0.717, 1.165) is 25.3 Å². The van der Waals surface area contributed by atoms with Gasteiger partial charge in [-0.05, 0) is 51.8 Å². The molecule has 0 fully saturated rings. The first-order valence-corrected chi connectivity index (χ1v) is 6.31. The summed E-state index contributed by atoms with van der Waals surface area (Å²) in [6, 6.07) is 3.95. The van der Waals surface area contributed by atoms with Crippen molar-refractivity contribution in [1.82, 2.24) is 0 Å². The van der Waals surface area contributed by atoms with Crippen LogP contribution in [0, 0.1) is 0 Å². The maximum absolute atomic E-state index is 5.27. The molecule has 17 heavy (non-hydrogen) atoms. The quantitative estimate of drug-likeness (QED) is 0.570. The number of hydrogen-bond donors (Lipinski definition) is 1. The van der Waals surface area contributed by atoms with Crippen LogP contribution in [0.15, 0.2) is 46.1 Å². The Labute approximate surface area is 104 Å². The van der Waals surface area contributed by atoms with E-state index in [9.17, 15) is 0 Å². The number of nitrogens with two attached hydrogens (primary N) is 1. The van der Waals surface area contributed by atoms with Crippen molar-refractivity contribution in [3.63, 3.8) is 0 Å². The van der Waals surface area contributed by atoms with E-state index in [1.807, 2.05) is 12.1 Å². The summed E-state index contributed by atoms with van der Waals surface area (Å²) in [6.07, 6.45) is 8.65. The summed E-state index contributed by atoms with van der Waals surface area (Å²) in [5.41, 5.74) is 2.88. The van der Waals surface area contributed by atoms with Gasteiger partial charge in [-0.25, -0.2) is 0 Å². The normalized spacial score (nSPS) is 11.6. The Bertz CT molecular complexity index is 356. The molecule has 2 heteroatoms. The highest BCUT2D eigenvalue weighted by Gasteiger charge is 1.96. The molecule has 0 aliphatic heterocycles. The monoisotopic (exact) mass is 234 g/mol. The van der Waals surface area contributed by atoms with Gasteiger partial charge in [0.2, 0.25) is 0 Å². The van der Waals surface area contributed by atoms with Gasteiger partial charge in [0.15, 0.2) is 5.76 Å². The predicted molar refractivity (Wildman–Crippen MR) is 71.6 cm³/mol. The van der Waals surface area contributed by atoms with E-state index < -0.39 is 0 Å². The molecule has 0 spiro atoms. The van der Waals surface area contributed by atoms with Crippen molar-refractivity contribution in [2.24, 2.45) is 0 Å². The Morgan fingerprint density at radius 2 is 2.12 bits per heavy atom. The fourth-order valence-corrected chi connectivity index (χ4v) is 1.63. The average Bonchev–Trinajstić information content (AvgIpc) is 2.76. The van der Waals surface area contributed by atoms with Crippen LogP contribution < -0.4 is 5.32 Å². The Balaban J connectivity index is 2.13. The van der Waals surface area contributed by atoms with E-state index in [2.05, 4.69) is 38.2 Å². The summed E-state index contributed by atoms with van der Waals surface area (Å²) >= 11 is 0. The first-order chi connectivity index (χ1) is 8.18. The zero-order chi connectivity index (χ0) is 12.5. The molecule has 0 unspecified atom stereocenters. The Kier molecular flexibility index (Phi) is 6.41. The molecule has 0 radical (unpaired) electrons. The third-order valence-corrected chi connectivity index (χ3v) is 2.65. The lowest BCUT2D eigenvalue weighted by Crippen LogP contribution is -2.82. The van der Waals surface area contributed by atoms with Gasteiger partial charge in [-0.1, -0.05) is 17.2 Å². The maximum atomic E-state index is 5.27. The van der Waals surface area contributed by atoms with Crippen molar-refractivity contribution in [1.29, 1.82) is 0 Å². The first kappa shape index (κ1) is 13.8. The molecule has 1 rings (SSSR count). The van der Waals surface area contributed by atoms with Gasteiger partial charge in [-0.2, -0.15) is 0 Å². The first-order valence-electron chi connectivity index (χ1n) is 6.31. The van der Waals surface area contributed by atoms with Gasteiger partial charge in [0.05, 0.1) is 12.8 Å². The number of allylic oxidation sites excluding steroid dienone is 3. The maximum Gasteiger partial charge on any atom is 0.157 e. The molecule has 2 N–H and O–H groups in total. The second kappa shape index (κ2) is 7.91. The van der Waals surface area contributed by atoms with Crippen LogP contribution in [-0.4, -0.2) is 6.54 Å². The molecule has 0 aliphatic rings. The van der Waals surface area contributed by atoms with Crippen LogP contribution in [0.25, 0.3) is 0 Å². The highest BCUT2D eigenvalue weighted by molar-refractivity contribution is 5.02. The van der Waals surface area contributed by atoms with Gasteiger partial charge in [0, 0.05) is 0 Å². The molecular formula is C15H24NO+. The zero-order valence-corrected chi connectivity index (χ0v) is 11.2. The van der Waals surface area contributed by atoms with Crippen LogP contribution in [0.3, 0.4) is 0 Å². The summed E-state index contributed by atoms with van der Waals surface area (Å²) < 4.78 is 5.27. The molecule has 94 valence electrons. The average molecular weight is 234 g/mol. The van der Waals surface area contributed by atoms with E-state index in [1.54, 1.807) is 6.26 Å². The zero-order valence-electron chi connectivity index (χ0n) is 11.2. The minimum atomic E-state index is 0.921. The Morgan fingerprint density at radius 1 is 1.29 bits per heavy atom. The summed E-state index contributed by atoms with van der Waals surface area (Å²) in [4.78, 5) is 0. The molecule has 0 bridgehead atoms. The van der Waals surface area contributed by atoms with E-state index in [0.29, 0.717) is 0 Å². The molecule has 0 aromatic carbocycles. The standard InChI is InChI=1S/C15H23NO/c1-13(2)6-4-7-14(3)9-10-16-12-15-8-5-11-17-15/h5-6,8-9,11,16H,4,7,10,12H2,1-3H3/p+1. The Hall–Kier alpha value is -1.28. The lowest BCUT2D eigenvalue weighted by Gasteiger charge is -1.99. The second-order valence-electron chi connectivity index (χ2n) is 4.68. The fourth-order valence-electron chi connectivity index (χ4n) is 1.63. The summed E-state index contributed by atoms with van der Waals surface area (Å²) in [6.45, 7) is 8.46. The summed E-state index contributed by atoms with van der Waals surface area (Å²) in [7, 11) is 0. The SMILES string of the molecule is CC(C)=CCCC(C)=CC[NH2+]Cc1ccco1. The summed E-state index contributed by atoms with van der Waals surface area (Å²) in [5.74, 6) is 1.04. The molecule has 0 saturated heterocycles. The number of rotatable bonds is 7. The fraction of sp³-hybridized carbons (Fsp3) is 0.467.